The lowest BCUT2D eigenvalue weighted by atomic mass is 9.87. The molecule has 0 unspecified atom stereocenters. The van der Waals surface area contributed by atoms with Crippen molar-refractivity contribution < 1.29 is 14.6 Å². The van der Waals surface area contributed by atoms with Gasteiger partial charge in [0.25, 0.3) is 0 Å². The second-order valence-corrected chi connectivity index (χ2v) is 7.26. The van der Waals surface area contributed by atoms with E-state index in [1.165, 1.54) is 38.5 Å². The molecule has 0 amide bonds. The molecule has 1 saturated carbocycles. The predicted octanol–water partition coefficient (Wildman–Crippen LogP) is 5.03. The van der Waals surface area contributed by atoms with Crippen molar-refractivity contribution in [3.63, 3.8) is 0 Å². The first-order valence-corrected chi connectivity index (χ1v) is 8.83. The molecule has 0 aromatic carbocycles. The molecule has 0 aromatic heterocycles. The van der Waals surface area contributed by atoms with Gasteiger partial charge in [0, 0.05) is 13.2 Å². The van der Waals surface area contributed by atoms with Crippen LogP contribution in [-0.2, 0) is 9.53 Å². The zero-order chi connectivity index (χ0) is 15.6. The Labute approximate surface area is 130 Å². The van der Waals surface area contributed by atoms with E-state index in [-0.39, 0.29) is 0 Å². The van der Waals surface area contributed by atoms with Gasteiger partial charge in [0.05, 0.1) is 5.41 Å². The van der Waals surface area contributed by atoms with Gasteiger partial charge in [0.1, 0.15) is 0 Å². The number of hydrogen-bond acceptors (Lipinski definition) is 2. The van der Waals surface area contributed by atoms with E-state index in [4.69, 9.17) is 9.84 Å². The van der Waals surface area contributed by atoms with Crippen LogP contribution in [-0.4, -0.2) is 24.3 Å². The van der Waals surface area contributed by atoms with Crippen LogP contribution in [0, 0.1) is 11.3 Å². The monoisotopic (exact) mass is 298 g/mol. The molecule has 0 spiro atoms. The summed E-state index contributed by atoms with van der Waals surface area (Å²) in [6.45, 7) is 5.39. The maximum atomic E-state index is 11.0. The Bertz CT molecular complexity index is 282. The Morgan fingerprint density at radius 1 is 1.00 bits per heavy atom. The minimum absolute atomic E-state index is 0.572. The van der Waals surface area contributed by atoms with E-state index in [0.29, 0.717) is 0 Å². The lowest BCUT2D eigenvalue weighted by Gasteiger charge is -2.18. The third-order valence-corrected chi connectivity index (χ3v) is 4.52. The van der Waals surface area contributed by atoms with Crippen molar-refractivity contribution >= 4 is 5.97 Å². The summed E-state index contributed by atoms with van der Waals surface area (Å²) in [5, 5.41) is 9.02. The van der Waals surface area contributed by atoms with Gasteiger partial charge >= 0.3 is 5.97 Å². The Balaban J connectivity index is 1.74. The zero-order valence-corrected chi connectivity index (χ0v) is 14.0. The van der Waals surface area contributed by atoms with Gasteiger partial charge in [-0.3, -0.25) is 4.79 Å². The van der Waals surface area contributed by atoms with E-state index in [2.05, 4.69) is 0 Å². The van der Waals surface area contributed by atoms with Gasteiger partial charge in [0.2, 0.25) is 0 Å². The number of aliphatic carboxylic acids is 1. The first kappa shape index (κ1) is 18.5. The number of carboxylic acids is 1. The molecule has 1 N–H and O–H groups in total. The molecule has 3 heteroatoms. The molecule has 1 fully saturated rings. The zero-order valence-electron chi connectivity index (χ0n) is 14.0. The fourth-order valence-electron chi connectivity index (χ4n) is 2.55. The number of rotatable bonds is 14. The van der Waals surface area contributed by atoms with Crippen LogP contribution >= 0.6 is 0 Å². The summed E-state index contributed by atoms with van der Waals surface area (Å²) in [7, 11) is 0. The molecule has 0 heterocycles. The van der Waals surface area contributed by atoms with Crippen LogP contribution in [0.3, 0.4) is 0 Å². The molecule has 0 aromatic rings. The minimum Gasteiger partial charge on any atom is -0.481 e. The Kier molecular flexibility index (Phi) is 8.98. The van der Waals surface area contributed by atoms with Gasteiger partial charge in [-0.2, -0.15) is 0 Å². The Morgan fingerprint density at radius 3 is 2.14 bits per heavy atom. The highest BCUT2D eigenvalue weighted by molar-refractivity contribution is 5.73. The molecule has 3 nitrogen and oxygen atoms in total. The van der Waals surface area contributed by atoms with Crippen LogP contribution in [0.25, 0.3) is 0 Å². The smallest absolute Gasteiger partial charge is 0.309 e. The van der Waals surface area contributed by atoms with Crippen molar-refractivity contribution in [1.29, 1.82) is 0 Å². The molecule has 124 valence electrons. The van der Waals surface area contributed by atoms with Crippen molar-refractivity contribution in [2.24, 2.45) is 11.3 Å². The second kappa shape index (κ2) is 10.2. The van der Waals surface area contributed by atoms with Gasteiger partial charge < -0.3 is 9.84 Å². The number of hydrogen-bond donors (Lipinski definition) is 1. The number of carboxylic acid groups (broad SMARTS) is 1. The molecule has 1 aliphatic carbocycles. The molecule has 1 rings (SSSR count). The third kappa shape index (κ3) is 9.89. The maximum absolute atomic E-state index is 11.0. The average Bonchev–Trinajstić information content (AvgIpc) is 3.24. The van der Waals surface area contributed by atoms with Crippen LogP contribution in [0.1, 0.15) is 84.5 Å². The maximum Gasteiger partial charge on any atom is 0.309 e. The number of carbonyl (C=O) groups is 1. The van der Waals surface area contributed by atoms with Crippen molar-refractivity contribution in [3.05, 3.63) is 0 Å². The standard InChI is InChI=1S/C18H34O3/c1-18(2,17(19)20)13-7-3-4-8-14-21-15-9-5-6-10-16-11-12-16/h16H,3-15H2,1-2H3,(H,19,20). The number of ether oxygens (including phenoxy) is 1. The van der Waals surface area contributed by atoms with Gasteiger partial charge in [-0.15, -0.1) is 0 Å². The Hall–Kier alpha value is -0.570. The normalized spacial score (nSPS) is 15.3. The largest absolute Gasteiger partial charge is 0.481 e. The molecule has 0 aliphatic heterocycles. The summed E-state index contributed by atoms with van der Waals surface area (Å²) in [4.78, 5) is 11.0. The van der Waals surface area contributed by atoms with E-state index in [1.54, 1.807) is 0 Å². The van der Waals surface area contributed by atoms with Crippen molar-refractivity contribution in [2.45, 2.75) is 84.5 Å². The summed E-state index contributed by atoms with van der Waals surface area (Å²) >= 11 is 0. The topological polar surface area (TPSA) is 46.5 Å². The highest BCUT2D eigenvalue weighted by Crippen LogP contribution is 2.33. The summed E-state index contributed by atoms with van der Waals surface area (Å²) in [6.07, 6.45) is 13.4. The molecule has 1 aliphatic rings. The van der Waals surface area contributed by atoms with Gasteiger partial charge in [0.15, 0.2) is 0 Å². The molecular weight excluding hydrogens is 264 g/mol. The SMILES string of the molecule is CC(C)(CCCCCCOCCCCCC1CC1)C(=O)O. The summed E-state index contributed by atoms with van der Waals surface area (Å²) in [6, 6.07) is 0. The van der Waals surface area contributed by atoms with Crippen LogP contribution < -0.4 is 0 Å². The van der Waals surface area contributed by atoms with Gasteiger partial charge in [-0.1, -0.05) is 51.4 Å². The third-order valence-electron chi connectivity index (χ3n) is 4.52. The lowest BCUT2D eigenvalue weighted by molar-refractivity contribution is -0.147. The molecule has 0 atom stereocenters. The average molecular weight is 298 g/mol. The summed E-state index contributed by atoms with van der Waals surface area (Å²) < 4.78 is 5.65. The highest BCUT2D eigenvalue weighted by atomic mass is 16.5. The van der Waals surface area contributed by atoms with Crippen LogP contribution in [0.4, 0.5) is 0 Å². The summed E-state index contributed by atoms with van der Waals surface area (Å²) in [5.74, 6) is 0.379. The van der Waals surface area contributed by atoms with Crippen LogP contribution in [0.2, 0.25) is 0 Å². The van der Waals surface area contributed by atoms with Gasteiger partial charge in [-0.25, -0.2) is 0 Å². The number of unbranched alkanes of at least 4 members (excludes halogenated alkanes) is 5. The quantitative estimate of drug-likeness (QED) is 0.457. The Morgan fingerprint density at radius 2 is 1.57 bits per heavy atom. The van der Waals surface area contributed by atoms with Crippen LogP contribution in [0.5, 0.6) is 0 Å². The lowest BCUT2D eigenvalue weighted by Crippen LogP contribution is -2.23. The van der Waals surface area contributed by atoms with Crippen molar-refractivity contribution in [2.75, 3.05) is 13.2 Å². The molecule has 0 bridgehead atoms. The molecule has 0 radical (unpaired) electrons. The van der Waals surface area contributed by atoms with Crippen molar-refractivity contribution in [3.8, 4) is 0 Å². The van der Waals surface area contributed by atoms with Gasteiger partial charge in [-0.05, 0) is 39.0 Å². The van der Waals surface area contributed by atoms with Crippen molar-refractivity contribution in [1.82, 2.24) is 0 Å². The molecular formula is C18H34O3. The second-order valence-electron chi connectivity index (χ2n) is 7.26. The summed E-state index contributed by atoms with van der Waals surface area (Å²) in [5.41, 5.74) is -0.572. The highest BCUT2D eigenvalue weighted by Gasteiger charge is 2.25. The first-order valence-electron chi connectivity index (χ1n) is 8.83. The van der Waals surface area contributed by atoms with E-state index in [9.17, 15) is 4.79 Å². The molecule has 0 saturated heterocycles. The first-order chi connectivity index (χ1) is 10.0. The van der Waals surface area contributed by atoms with Crippen LogP contribution in [0.15, 0.2) is 0 Å². The predicted molar refractivity (Wildman–Crippen MR) is 86.5 cm³/mol. The van der Waals surface area contributed by atoms with E-state index in [1.807, 2.05) is 13.8 Å². The minimum atomic E-state index is -0.687. The van der Waals surface area contributed by atoms with E-state index >= 15 is 0 Å². The fraction of sp³-hybridized carbons (Fsp3) is 0.944. The van der Waals surface area contributed by atoms with E-state index in [0.717, 1.165) is 51.2 Å². The fourth-order valence-corrected chi connectivity index (χ4v) is 2.55. The van der Waals surface area contributed by atoms with E-state index < -0.39 is 11.4 Å². The molecule has 21 heavy (non-hydrogen) atoms.